The summed E-state index contributed by atoms with van der Waals surface area (Å²) in [4.78, 5) is 27.9. The number of furan rings is 1. The number of aliphatic imine (C=N–C) groups is 1. The fourth-order valence-corrected chi connectivity index (χ4v) is 4.34. The van der Waals surface area contributed by atoms with Gasteiger partial charge in [0.2, 0.25) is 0 Å². The van der Waals surface area contributed by atoms with Crippen molar-refractivity contribution >= 4 is 56.2 Å². The van der Waals surface area contributed by atoms with Crippen LogP contribution in [0.4, 0.5) is 11.4 Å². The molecule has 0 spiro atoms. The van der Waals surface area contributed by atoms with Crippen LogP contribution in [-0.2, 0) is 4.79 Å². The number of carbonyl (C=O) groups excluding carboxylic acids is 1. The minimum Gasteiger partial charge on any atom is -0.496 e. The maximum Gasteiger partial charge on any atom is 0.273 e. The van der Waals surface area contributed by atoms with E-state index in [1.54, 1.807) is 24.3 Å². The second kappa shape index (κ2) is 9.24. The number of hydrogen-bond donors (Lipinski definition) is 1. The van der Waals surface area contributed by atoms with E-state index in [2.05, 4.69) is 26.2 Å². The quantitative estimate of drug-likeness (QED) is 0.242. The molecule has 1 saturated heterocycles. The lowest BCUT2D eigenvalue weighted by Gasteiger charge is -2.05. The van der Waals surface area contributed by atoms with Crippen molar-refractivity contribution in [1.29, 1.82) is 0 Å². The highest BCUT2D eigenvalue weighted by Crippen LogP contribution is 2.36. The molecule has 0 bridgehead atoms. The second-order valence-corrected chi connectivity index (χ2v) is 9.04. The van der Waals surface area contributed by atoms with Crippen molar-refractivity contribution in [2.75, 3.05) is 7.11 Å². The van der Waals surface area contributed by atoms with Crippen molar-refractivity contribution in [2.24, 2.45) is 4.99 Å². The molecule has 1 aliphatic heterocycles. The second-order valence-electron chi connectivity index (χ2n) is 7.22. The Labute approximate surface area is 202 Å². The highest BCUT2D eigenvalue weighted by molar-refractivity contribution is 9.10. The number of aryl methyl sites for hydroxylation is 2. The third-order valence-electron chi connectivity index (χ3n) is 4.86. The van der Waals surface area contributed by atoms with Gasteiger partial charge in [-0.3, -0.25) is 14.9 Å². The Morgan fingerprint density at radius 2 is 1.91 bits per heavy atom. The van der Waals surface area contributed by atoms with Gasteiger partial charge in [0, 0.05) is 16.6 Å². The van der Waals surface area contributed by atoms with E-state index >= 15 is 0 Å². The summed E-state index contributed by atoms with van der Waals surface area (Å²) in [5.41, 5.74) is 3.36. The molecule has 8 nitrogen and oxygen atoms in total. The molecule has 0 saturated carbocycles. The summed E-state index contributed by atoms with van der Waals surface area (Å²) in [6.07, 6.45) is 1.63. The van der Waals surface area contributed by atoms with Crippen molar-refractivity contribution in [3.8, 4) is 17.1 Å². The zero-order chi connectivity index (χ0) is 23.7. The van der Waals surface area contributed by atoms with Gasteiger partial charge in [-0.05, 0) is 67.1 Å². The molecule has 3 aromatic rings. The van der Waals surface area contributed by atoms with Gasteiger partial charge in [-0.25, -0.2) is 4.99 Å². The van der Waals surface area contributed by atoms with Crippen LogP contribution in [0.1, 0.15) is 16.9 Å². The molecule has 33 heavy (non-hydrogen) atoms. The molecule has 1 aliphatic rings. The first kappa shape index (κ1) is 22.8. The van der Waals surface area contributed by atoms with Crippen LogP contribution in [-0.4, -0.2) is 23.1 Å². The summed E-state index contributed by atoms with van der Waals surface area (Å²) >= 11 is 4.76. The molecule has 1 N–H and O–H groups in total. The van der Waals surface area contributed by atoms with E-state index < -0.39 is 4.92 Å². The lowest BCUT2D eigenvalue weighted by molar-refractivity contribution is -0.384. The zero-order valence-corrected chi connectivity index (χ0v) is 20.2. The number of ether oxygens (including phenoxy) is 1. The van der Waals surface area contributed by atoms with Gasteiger partial charge in [-0.1, -0.05) is 15.9 Å². The van der Waals surface area contributed by atoms with E-state index in [1.165, 1.54) is 31.0 Å². The van der Waals surface area contributed by atoms with Crippen LogP contribution in [0.15, 0.2) is 61.3 Å². The molecule has 168 valence electrons. The summed E-state index contributed by atoms with van der Waals surface area (Å²) in [7, 11) is 1.43. The Morgan fingerprint density at radius 1 is 1.18 bits per heavy atom. The molecule has 4 rings (SSSR count). The third-order valence-corrected chi connectivity index (χ3v) is 7.02. The fraction of sp³-hybridized carbons (Fsp3) is 0.130. The lowest BCUT2D eigenvalue weighted by Crippen LogP contribution is -2.19. The first-order valence-corrected chi connectivity index (χ1v) is 11.3. The number of benzene rings is 2. The van der Waals surface area contributed by atoms with Gasteiger partial charge in [-0.15, -0.1) is 0 Å². The van der Waals surface area contributed by atoms with Gasteiger partial charge in [-0.2, -0.15) is 0 Å². The molecule has 0 radical (unpaired) electrons. The Kier molecular flexibility index (Phi) is 6.39. The van der Waals surface area contributed by atoms with Crippen LogP contribution in [0.25, 0.3) is 17.4 Å². The van der Waals surface area contributed by atoms with Crippen molar-refractivity contribution in [2.45, 2.75) is 13.8 Å². The average Bonchev–Trinajstić information content (AvgIpc) is 3.38. The number of non-ortho nitro benzene ring substituents is 1. The molecular formula is C23H18BrN3O5S. The van der Waals surface area contributed by atoms with Gasteiger partial charge in [0.15, 0.2) is 5.17 Å². The number of amidine groups is 1. The van der Waals surface area contributed by atoms with E-state index in [9.17, 15) is 14.9 Å². The van der Waals surface area contributed by atoms with E-state index in [0.29, 0.717) is 32.9 Å². The molecule has 1 amide bonds. The largest absolute Gasteiger partial charge is 0.496 e. The minimum absolute atomic E-state index is 0.0773. The van der Waals surface area contributed by atoms with E-state index in [4.69, 9.17) is 9.15 Å². The predicted molar refractivity (Wildman–Crippen MR) is 132 cm³/mol. The Bertz CT molecular complexity index is 1320. The molecule has 2 aromatic carbocycles. The first-order valence-electron chi connectivity index (χ1n) is 9.74. The summed E-state index contributed by atoms with van der Waals surface area (Å²) in [6, 6.07) is 11.6. The van der Waals surface area contributed by atoms with Gasteiger partial charge < -0.3 is 14.5 Å². The summed E-state index contributed by atoms with van der Waals surface area (Å²) < 4.78 is 12.2. The topological polar surface area (TPSA) is 107 Å². The van der Waals surface area contributed by atoms with Crippen molar-refractivity contribution in [1.82, 2.24) is 5.32 Å². The Hall–Kier alpha value is -3.37. The number of nitrogens with zero attached hydrogens (tertiary/aromatic N) is 2. The number of methoxy groups -OCH3 is 1. The highest BCUT2D eigenvalue weighted by Gasteiger charge is 2.25. The number of halogens is 1. The molecule has 10 heteroatoms. The Morgan fingerprint density at radius 3 is 2.58 bits per heavy atom. The van der Waals surface area contributed by atoms with E-state index in [0.717, 1.165) is 21.3 Å². The molecular weight excluding hydrogens is 510 g/mol. The standard InChI is InChI=1S/C23H18BrN3O5S/c1-12-8-14(9-13(2)21(12)24)25-23-26-22(28)20(33-23)11-16-5-7-18(32-16)17-6-4-15(27(29)30)10-19(17)31-3/h4-11H,1-3H3,(H,25,26,28)/b20-11-. The van der Waals surface area contributed by atoms with Gasteiger partial charge in [0.25, 0.3) is 11.6 Å². The molecule has 0 aliphatic carbocycles. The van der Waals surface area contributed by atoms with Gasteiger partial charge in [0.05, 0.1) is 34.3 Å². The number of hydrogen-bond acceptors (Lipinski definition) is 7. The highest BCUT2D eigenvalue weighted by atomic mass is 79.9. The molecule has 0 atom stereocenters. The summed E-state index contributed by atoms with van der Waals surface area (Å²) in [5, 5.41) is 14.3. The van der Waals surface area contributed by atoms with Crippen molar-refractivity contribution < 1.29 is 18.9 Å². The number of carbonyl (C=O) groups is 1. The molecule has 1 fully saturated rings. The minimum atomic E-state index is -0.490. The third kappa shape index (κ3) is 4.86. The lowest BCUT2D eigenvalue weighted by atomic mass is 10.1. The van der Waals surface area contributed by atoms with Crippen LogP contribution in [0.3, 0.4) is 0 Å². The summed E-state index contributed by atoms with van der Waals surface area (Å²) in [5.74, 6) is 0.974. The number of nitro groups is 1. The number of nitrogens with one attached hydrogen (secondary N) is 1. The molecule has 0 unspecified atom stereocenters. The maximum absolute atomic E-state index is 12.4. The van der Waals surface area contributed by atoms with Crippen LogP contribution >= 0.6 is 27.7 Å². The SMILES string of the molecule is COc1cc([N+](=O)[O-])ccc1-c1ccc(/C=C2\SC(=Nc3cc(C)c(Br)c(C)c3)NC2=O)o1. The van der Waals surface area contributed by atoms with Gasteiger partial charge >= 0.3 is 0 Å². The average molecular weight is 528 g/mol. The van der Waals surface area contributed by atoms with E-state index in [-0.39, 0.29) is 11.6 Å². The van der Waals surface area contributed by atoms with Crippen LogP contribution < -0.4 is 10.1 Å². The van der Waals surface area contributed by atoms with Crippen molar-refractivity contribution in [3.05, 3.63) is 78.8 Å². The summed E-state index contributed by atoms with van der Waals surface area (Å²) in [6.45, 7) is 3.97. The number of thioether (sulfide) groups is 1. The van der Waals surface area contributed by atoms with Crippen LogP contribution in [0, 0.1) is 24.0 Å². The Balaban J connectivity index is 1.58. The number of amides is 1. The molecule has 2 heterocycles. The predicted octanol–water partition coefficient (Wildman–Crippen LogP) is 6.13. The first-order chi connectivity index (χ1) is 15.7. The monoisotopic (exact) mass is 527 g/mol. The van der Waals surface area contributed by atoms with Crippen LogP contribution in [0.5, 0.6) is 5.75 Å². The zero-order valence-electron chi connectivity index (χ0n) is 17.8. The van der Waals surface area contributed by atoms with Gasteiger partial charge in [0.1, 0.15) is 17.3 Å². The van der Waals surface area contributed by atoms with Crippen molar-refractivity contribution in [3.63, 3.8) is 0 Å². The van der Waals surface area contributed by atoms with Crippen LogP contribution in [0.2, 0.25) is 0 Å². The number of nitro benzene ring substituents is 1. The smallest absolute Gasteiger partial charge is 0.273 e. The maximum atomic E-state index is 12.4. The normalized spacial score (nSPS) is 15.8. The van der Waals surface area contributed by atoms with E-state index in [1.807, 2.05) is 26.0 Å². The number of rotatable bonds is 5. The molecule has 1 aromatic heterocycles. The fourth-order valence-electron chi connectivity index (χ4n) is 3.29.